The summed E-state index contributed by atoms with van der Waals surface area (Å²) in [5.74, 6) is -0.151. The average molecular weight is 263 g/mol. The molecule has 0 saturated carbocycles. The zero-order valence-corrected chi connectivity index (χ0v) is 11.7. The Labute approximate surface area is 114 Å². The van der Waals surface area contributed by atoms with Crippen LogP contribution in [0.1, 0.15) is 36.8 Å². The van der Waals surface area contributed by atoms with Gasteiger partial charge in [0.05, 0.1) is 5.60 Å². The molecule has 1 N–H and O–H groups in total. The van der Waals surface area contributed by atoms with Crippen LogP contribution in [0.2, 0.25) is 0 Å². The molecule has 0 radical (unpaired) electrons. The fraction of sp³-hybridized carbons (Fsp3) is 0.625. The van der Waals surface area contributed by atoms with Crippen LogP contribution in [-0.4, -0.2) is 34.7 Å². The summed E-state index contributed by atoms with van der Waals surface area (Å²) in [6, 6.07) is 6.40. The van der Waals surface area contributed by atoms with E-state index < -0.39 is 5.60 Å². The van der Waals surface area contributed by atoms with Crippen LogP contribution in [0.15, 0.2) is 18.2 Å². The van der Waals surface area contributed by atoms with Crippen molar-refractivity contribution < 1.29 is 9.50 Å². The summed E-state index contributed by atoms with van der Waals surface area (Å²) in [6.45, 7) is 1.78. The van der Waals surface area contributed by atoms with Gasteiger partial charge in [-0.05, 0) is 50.8 Å². The minimum Gasteiger partial charge on any atom is -0.389 e. The lowest BCUT2D eigenvalue weighted by Crippen LogP contribution is -2.50. The van der Waals surface area contributed by atoms with Gasteiger partial charge in [0.15, 0.2) is 0 Å². The smallest absolute Gasteiger partial charge is 0.129 e. The fourth-order valence-corrected chi connectivity index (χ4v) is 3.89. The quantitative estimate of drug-likeness (QED) is 0.886. The van der Waals surface area contributed by atoms with Gasteiger partial charge in [0.2, 0.25) is 0 Å². The molecule has 1 aromatic carbocycles. The van der Waals surface area contributed by atoms with Crippen LogP contribution in [0.25, 0.3) is 0 Å². The van der Waals surface area contributed by atoms with Crippen LogP contribution in [0.4, 0.5) is 4.39 Å². The van der Waals surface area contributed by atoms with Crippen LogP contribution in [0.5, 0.6) is 0 Å². The first-order chi connectivity index (χ1) is 8.98. The van der Waals surface area contributed by atoms with Crippen molar-refractivity contribution in [3.63, 3.8) is 0 Å². The molecule has 1 aromatic rings. The van der Waals surface area contributed by atoms with E-state index in [1.165, 1.54) is 12.8 Å². The highest BCUT2D eigenvalue weighted by Crippen LogP contribution is 2.41. The Kier molecular flexibility index (Phi) is 3.14. The van der Waals surface area contributed by atoms with Crippen molar-refractivity contribution in [2.75, 3.05) is 7.05 Å². The van der Waals surface area contributed by atoms with Crippen LogP contribution in [0, 0.1) is 12.7 Å². The Morgan fingerprint density at radius 2 is 1.95 bits per heavy atom. The predicted molar refractivity (Wildman–Crippen MR) is 73.6 cm³/mol. The van der Waals surface area contributed by atoms with E-state index in [0.29, 0.717) is 29.6 Å². The minimum atomic E-state index is -0.729. The summed E-state index contributed by atoms with van der Waals surface area (Å²) in [5, 5.41) is 10.8. The van der Waals surface area contributed by atoms with Crippen molar-refractivity contribution in [1.82, 2.24) is 4.90 Å². The molecular formula is C16H22FNO. The normalized spacial score (nSPS) is 34.7. The zero-order valence-electron chi connectivity index (χ0n) is 11.7. The number of nitrogens with zero attached hydrogens (tertiary/aromatic N) is 1. The number of halogens is 1. The molecule has 104 valence electrons. The van der Waals surface area contributed by atoms with Crippen LogP contribution < -0.4 is 0 Å². The van der Waals surface area contributed by atoms with Gasteiger partial charge in [0.1, 0.15) is 5.82 Å². The lowest BCUT2D eigenvalue weighted by Gasteiger charge is -2.42. The van der Waals surface area contributed by atoms with E-state index >= 15 is 0 Å². The summed E-state index contributed by atoms with van der Waals surface area (Å²) in [7, 11) is 2.15. The Hall–Kier alpha value is -0.930. The molecule has 2 unspecified atom stereocenters. The first-order valence-corrected chi connectivity index (χ1v) is 7.17. The number of piperidine rings is 1. The highest BCUT2D eigenvalue weighted by atomic mass is 19.1. The Bertz CT molecular complexity index is 474. The van der Waals surface area contributed by atoms with Crippen molar-refractivity contribution in [3.05, 3.63) is 35.1 Å². The lowest BCUT2D eigenvalue weighted by molar-refractivity contribution is -0.0442. The zero-order chi connectivity index (χ0) is 13.6. The molecule has 2 aliphatic heterocycles. The second kappa shape index (κ2) is 4.57. The van der Waals surface area contributed by atoms with E-state index in [9.17, 15) is 9.50 Å². The molecule has 19 heavy (non-hydrogen) atoms. The van der Waals surface area contributed by atoms with Crippen molar-refractivity contribution in [3.8, 4) is 0 Å². The number of aliphatic hydroxyl groups is 1. The van der Waals surface area contributed by atoms with Crippen molar-refractivity contribution in [2.24, 2.45) is 0 Å². The van der Waals surface area contributed by atoms with Crippen LogP contribution >= 0.6 is 0 Å². The molecule has 2 heterocycles. The van der Waals surface area contributed by atoms with Gasteiger partial charge in [-0.2, -0.15) is 0 Å². The number of hydrogen-bond acceptors (Lipinski definition) is 2. The third-order valence-corrected chi connectivity index (χ3v) is 5.01. The van der Waals surface area contributed by atoms with Gasteiger partial charge in [0, 0.05) is 18.5 Å². The van der Waals surface area contributed by atoms with Gasteiger partial charge in [-0.25, -0.2) is 4.39 Å². The van der Waals surface area contributed by atoms with Gasteiger partial charge in [0.25, 0.3) is 0 Å². The summed E-state index contributed by atoms with van der Waals surface area (Å²) in [6.07, 6.45) is 4.32. The second-order valence-electron chi connectivity index (χ2n) is 6.41. The van der Waals surface area contributed by atoms with E-state index in [4.69, 9.17) is 0 Å². The molecule has 2 bridgehead atoms. The molecule has 0 aromatic heterocycles. The monoisotopic (exact) mass is 263 g/mol. The standard InChI is InChI=1S/C16H22FNO/c1-11-4-3-5-12(15(11)17)8-16(19)9-13-6-7-14(10-16)18(13)2/h3-5,13-14,19H,6-10H2,1-2H3. The van der Waals surface area contributed by atoms with E-state index in [1.54, 1.807) is 19.1 Å². The molecule has 2 atom stereocenters. The topological polar surface area (TPSA) is 23.5 Å². The summed E-state index contributed by atoms with van der Waals surface area (Å²) >= 11 is 0. The molecule has 2 fully saturated rings. The van der Waals surface area contributed by atoms with Crippen molar-refractivity contribution >= 4 is 0 Å². The summed E-state index contributed by atoms with van der Waals surface area (Å²) in [5.41, 5.74) is 0.593. The van der Waals surface area contributed by atoms with E-state index in [-0.39, 0.29) is 5.82 Å². The van der Waals surface area contributed by atoms with Gasteiger partial charge in [-0.1, -0.05) is 18.2 Å². The maximum absolute atomic E-state index is 14.1. The van der Waals surface area contributed by atoms with Gasteiger partial charge < -0.3 is 10.0 Å². The first kappa shape index (κ1) is 13.1. The Morgan fingerprint density at radius 3 is 2.58 bits per heavy atom. The number of rotatable bonds is 2. The van der Waals surface area contributed by atoms with E-state index in [2.05, 4.69) is 11.9 Å². The summed E-state index contributed by atoms with van der Waals surface area (Å²) < 4.78 is 14.1. The van der Waals surface area contributed by atoms with Gasteiger partial charge in [-0.3, -0.25) is 0 Å². The second-order valence-corrected chi connectivity index (χ2v) is 6.41. The third-order valence-electron chi connectivity index (χ3n) is 5.01. The minimum absolute atomic E-state index is 0.151. The fourth-order valence-electron chi connectivity index (χ4n) is 3.89. The third kappa shape index (κ3) is 2.30. The number of fused-ring (bicyclic) bond motifs is 2. The van der Waals surface area contributed by atoms with E-state index in [1.807, 2.05) is 6.07 Å². The summed E-state index contributed by atoms with van der Waals surface area (Å²) in [4.78, 5) is 2.39. The maximum atomic E-state index is 14.1. The molecule has 3 heteroatoms. The van der Waals surface area contributed by atoms with Crippen molar-refractivity contribution in [1.29, 1.82) is 0 Å². The van der Waals surface area contributed by atoms with Gasteiger partial charge in [-0.15, -0.1) is 0 Å². The first-order valence-electron chi connectivity index (χ1n) is 7.17. The maximum Gasteiger partial charge on any atom is 0.129 e. The Balaban J connectivity index is 1.81. The molecule has 0 aliphatic carbocycles. The largest absolute Gasteiger partial charge is 0.389 e. The average Bonchev–Trinajstić information content (AvgIpc) is 2.60. The molecule has 3 rings (SSSR count). The SMILES string of the molecule is Cc1cccc(CC2(O)CC3CCC(C2)N3C)c1F. The Morgan fingerprint density at radius 1 is 1.32 bits per heavy atom. The van der Waals surface area contributed by atoms with Crippen LogP contribution in [0.3, 0.4) is 0 Å². The van der Waals surface area contributed by atoms with Crippen molar-refractivity contribution in [2.45, 2.75) is 56.7 Å². The molecule has 0 spiro atoms. The number of benzene rings is 1. The lowest BCUT2D eigenvalue weighted by atomic mass is 9.81. The highest BCUT2D eigenvalue weighted by molar-refractivity contribution is 5.26. The predicted octanol–water partition coefficient (Wildman–Crippen LogP) is 2.66. The number of hydrogen-bond donors (Lipinski definition) is 1. The molecule has 2 aliphatic rings. The molecular weight excluding hydrogens is 241 g/mol. The van der Waals surface area contributed by atoms with E-state index in [0.717, 1.165) is 12.8 Å². The number of aryl methyl sites for hydroxylation is 1. The molecule has 2 saturated heterocycles. The molecule has 2 nitrogen and oxygen atoms in total. The van der Waals surface area contributed by atoms with Crippen LogP contribution in [-0.2, 0) is 6.42 Å². The molecule has 0 amide bonds. The van der Waals surface area contributed by atoms with Gasteiger partial charge >= 0.3 is 0 Å². The highest BCUT2D eigenvalue weighted by Gasteiger charge is 2.46.